The lowest BCUT2D eigenvalue weighted by atomic mass is 10.2. The molecule has 0 bridgehead atoms. The van der Waals surface area contributed by atoms with Crippen molar-refractivity contribution in [2.24, 2.45) is 7.05 Å². The molecular weight excluding hydrogens is 252 g/mol. The Morgan fingerprint density at radius 3 is 2.75 bits per heavy atom. The second-order valence-electron chi connectivity index (χ2n) is 5.30. The zero-order valence-corrected chi connectivity index (χ0v) is 12.3. The lowest BCUT2D eigenvalue weighted by Gasteiger charge is -2.24. The summed E-state index contributed by atoms with van der Waals surface area (Å²) in [5, 5.41) is 10.1. The summed E-state index contributed by atoms with van der Waals surface area (Å²) in [6, 6.07) is 8.03. The van der Waals surface area contributed by atoms with Gasteiger partial charge in [-0.05, 0) is 30.7 Å². The topological polar surface area (TPSA) is 41.5 Å². The van der Waals surface area contributed by atoms with Crippen LogP contribution in [-0.4, -0.2) is 27.2 Å². The van der Waals surface area contributed by atoms with Crippen molar-refractivity contribution in [3.8, 4) is 0 Å². The first-order chi connectivity index (χ1) is 9.69. The second-order valence-corrected chi connectivity index (χ2v) is 5.30. The first-order valence-electron chi connectivity index (χ1n) is 7.22. The van der Waals surface area contributed by atoms with Crippen LogP contribution in [0.4, 0.5) is 0 Å². The molecule has 2 aromatic rings. The van der Waals surface area contributed by atoms with E-state index >= 15 is 0 Å². The van der Waals surface area contributed by atoms with Crippen molar-refractivity contribution in [1.82, 2.24) is 9.47 Å². The van der Waals surface area contributed by atoms with E-state index in [1.807, 2.05) is 31.4 Å². The maximum atomic E-state index is 10.1. The first-order valence-corrected chi connectivity index (χ1v) is 7.22. The third-order valence-corrected chi connectivity index (χ3v) is 3.49. The summed E-state index contributed by atoms with van der Waals surface area (Å²) >= 11 is 0. The third-order valence-electron chi connectivity index (χ3n) is 3.49. The molecule has 0 aliphatic rings. The highest BCUT2D eigenvalue weighted by Gasteiger charge is 2.14. The van der Waals surface area contributed by atoms with E-state index in [9.17, 15) is 5.11 Å². The van der Waals surface area contributed by atoms with Crippen molar-refractivity contribution in [2.75, 3.05) is 6.54 Å². The van der Waals surface area contributed by atoms with Crippen molar-refractivity contribution in [3.63, 3.8) is 0 Å². The molecule has 0 amide bonds. The Morgan fingerprint density at radius 2 is 2.15 bits per heavy atom. The van der Waals surface area contributed by atoms with Crippen molar-refractivity contribution in [2.45, 2.75) is 39.0 Å². The Balaban J connectivity index is 2.01. The molecule has 0 aliphatic carbocycles. The normalized spacial score (nSPS) is 13.0. The second kappa shape index (κ2) is 7.31. The van der Waals surface area contributed by atoms with Crippen LogP contribution in [-0.2, 0) is 20.1 Å². The van der Waals surface area contributed by atoms with Gasteiger partial charge in [-0.2, -0.15) is 0 Å². The minimum absolute atomic E-state index is 0.282. The first kappa shape index (κ1) is 14.9. The van der Waals surface area contributed by atoms with Crippen LogP contribution in [0.3, 0.4) is 0 Å². The third kappa shape index (κ3) is 4.25. The molecule has 0 fully saturated rings. The molecule has 0 spiro atoms. The van der Waals surface area contributed by atoms with Crippen LogP contribution in [0.25, 0.3) is 0 Å². The SMILES string of the molecule is CCCC(O)CN(Cc1ccco1)Cc1cccn1C. The molecule has 0 aliphatic heterocycles. The van der Waals surface area contributed by atoms with E-state index in [1.165, 1.54) is 5.69 Å². The van der Waals surface area contributed by atoms with Gasteiger partial charge in [-0.15, -0.1) is 0 Å². The molecule has 4 heteroatoms. The molecule has 20 heavy (non-hydrogen) atoms. The molecule has 0 radical (unpaired) electrons. The highest BCUT2D eigenvalue weighted by molar-refractivity contribution is 5.07. The van der Waals surface area contributed by atoms with Gasteiger partial charge in [0.05, 0.1) is 18.9 Å². The van der Waals surface area contributed by atoms with Gasteiger partial charge in [0.2, 0.25) is 0 Å². The van der Waals surface area contributed by atoms with E-state index in [-0.39, 0.29) is 6.10 Å². The summed E-state index contributed by atoms with van der Waals surface area (Å²) in [6.07, 6.45) is 5.29. The zero-order chi connectivity index (χ0) is 14.4. The van der Waals surface area contributed by atoms with Gasteiger partial charge in [-0.1, -0.05) is 13.3 Å². The minimum atomic E-state index is -0.282. The quantitative estimate of drug-likeness (QED) is 0.806. The van der Waals surface area contributed by atoms with Gasteiger partial charge in [0.25, 0.3) is 0 Å². The van der Waals surface area contributed by atoms with E-state index in [2.05, 4.69) is 22.5 Å². The Bertz CT molecular complexity index is 490. The Morgan fingerprint density at radius 1 is 1.30 bits per heavy atom. The maximum absolute atomic E-state index is 10.1. The zero-order valence-electron chi connectivity index (χ0n) is 12.3. The van der Waals surface area contributed by atoms with Gasteiger partial charge in [-0.3, -0.25) is 4.90 Å². The Kier molecular flexibility index (Phi) is 5.44. The van der Waals surface area contributed by atoms with Crippen LogP contribution < -0.4 is 0 Å². The van der Waals surface area contributed by atoms with Gasteiger partial charge >= 0.3 is 0 Å². The van der Waals surface area contributed by atoms with Crippen LogP contribution in [0.5, 0.6) is 0 Å². The molecule has 2 aromatic heterocycles. The predicted molar refractivity (Wildman–Crippen MR) is 79.1 cm³/mol. The highest BCUT2D eigenvalue weighted by atomic mass is 16.3. The van der Waals surface area contributed by atoms with Crippen molar-refractivity contribution in [3.05, 3.63) is 48.2 Å². The predicted octanol–water partition coefficient (Wildman–Crippen LogP) is 2.78. The molecular formula is C16H24N2O2. The van der Waals surface area contributed by atoms with Gasteiger partial charge < -0.3 is 14.1 Å². The molecule has 110 valence electrons. The molecule has 0 saturated heterocycles. The number of nitrogens with zero attached hydrogens (tertiary/aromatic N) is 2. The van der Waals surface area contributed by atoms with Crippen LogP contribution in [0.1, 0.15) is 31.2 Å². The number of furan rings is 1. The van der Waals surface area contributed by atoms with Crippen molar-refractivity contribution >= 4 is 0 Å². The van der Waals surface area contributed by atoms with Crippen molar-refractivity contribution in [1.29, 1.82) is 0 Å². The standard InChI is InChI=1S/C16H24N2O2/c1-3-6-15(19)12-18(13-16-8-5-10-20-16)11-14-7-4-9-17(14)2/h4-5,7-10,15,19H,3,6,11-13H2,1-2H3. The monoisotopic (exact) mass is 276 g/mol. The van der Waals surface area contributed by atoms with Crippen molar-refractivity contribution < 1.29 is 9.52 Å². The van der Waals surface area contributed by atoms with Gasteiger partial charge in [0.15, 0.2) is 0 Å². The van der Waals surface area contributed by atoms with E-state index in [1.54, 1.807) is 6.26 Å². The summed E-state index contributed by atoms with van der Waals surface area (Å²) in [7, 11) is 2.04. The number of aromatic nitrogens is 1. The van der Waals surface area contributed by atoms with Crippen LogP contribution in [0.15, 0.2) is 41.1 Å². The fourth-order valence-corrected chi connectivity index (χ4v) is 2.42. The van der Waals surface area contributed by atoms with Crippen LogP contribution >= 0.6 is 0 Å². The van der Waals surface area contributed by atoms with E-state index < -0.39 is 0 Å². The lowest BCUT2D eigenvalue weighted by Crippen LogP contribution is -2.32. The lowest BCUT2D eigenvalue weighted by molar-refractivity contribution is 0.0920. The van der Waals surface area contributed by atoms with E-state index in [0.29, 0.717) is 6.54 Å². The average Bonchev–Trinajstić information content (AvgIpc) is 3.03. The fourth-order valence-electron chi connectivity index (χ4n) is 2.42. The smallest absolute Gasteiger partial charge is 0.117 e. The number of aliphatic hydroxyl groups excluding tert-OH is 1. The summed E-state index contributed by atoms with van der Waals surface area (Å²) in [5.41, 5.74) is 1.24. The number of rotatable bonds is 8. The molecule has 0 saturated carbocycles. The minimum Gasteiger partial charge on any atom is -0.468 e. The van der Waals surface area contributed by atoms with E-state index in [0.717, 1.165) is 31.7 Å². The van der Waals surface area contributed by atoms with E-state index in [4.69, 9.17) is 4.42 Å². The highest BCUT2D eigenvalue weighted by Crippen LogP contribution is 2.12. The number of hydrogen-bond donors (Lipinski definition) is 1. The Hall–Kier alpha value is -1.52. The summed E-state index contributed by atoms with van der Waals surface area (Å²) < 4.78 is 7.54. The number of hydrogen-bond acceptors (Lipinski definition) is 3. The fraction of sp³-hybridized carbons (Fsp3) is 0.500. The number of aryl methyl sites for hydroxylation is 1. The maximum Gasteiger partial charge on any atom is 0.117 e. The molecule has 1 atom stereocenters. The van der Waals surface area contributed by atoms with Crippen LogP contribution in [0.2, 0.25) is 0 Å². The molecule has 0 aromatic carbocycles. The summed E-state index contributed by atoms with van der Waals surface area (Å²) in [6.45, 7) is 4.29. The largest absolute Gasteiger partial charge is 0.468 e. The Labute approximate surface area is 120 Å². The van der Waals surface area contributed by atoms with Gasteiger partial charge in [0.1, 0.15) is 5.76 Å². The average molecular weight is 276 g/mol. The molecule has 2 heterocycles. The molecule has 2 rings (SSSR count). The van der Waals surface area contributed by atoms with Gasteiger partial charge in [-0.25, -0.2) is 0 Å². The summed E-state index contributed by atoms with van der Waals surface area (Å²) in [4.78, 5) is 2.23. The number of aliphatic hydroxyl groups is 1. The van der Waals surface area contributed by atoms with Crippen LogP contribution in [0, 0.1) is 0 Å². The molecule has 1 unspecified atom stereocenters. The molecule has 4 nitrogen and oxygen atoms in total. The summed E-state index contributed by atoms with van der Waals surface area (Å²) in [5.74, 6) is 0.933. The molecule has 1 N–H and O–H groups in total. The van der Waals surface area contributed by atoms with Gasteiger partial charge in [0, 0.05) is 32.0 Å².